The van der Waals surface area contributed by atoms with Crippen molar-refractivity contribution < 1.29 is 8.42 Å². The van der Waals surface area contributed by atoms with Crippen molar-refractivity contribution >= 4 is 20.7 Å². The van der Waals surface area contributed by atoms with Crippen molar-refractivity contribution in [1.82, 2.24) is 10.2 Å². The Labute approximate surface area is 123 Å². The van der Waals surface area contributed by atoms with Crippen LogP contribution in [0.5, 0.6) is 0 Å². The zero-order chi connectivity index (χ0) is 15.0. The number of rotatable bonds is 3. The van der Waals surface area contributed by atoms with Crippen molar-refractivity contribution in [2.75, 3.05) is 0 Å². The van der Waals surface area contributed by atoms with Crippen LogP contribution in [0.25, 0.3) is 10.9 Å². The number of nitrogens with zero attached hydrogens (tertiary/aromatic N) is 1. The number of aromatic nitrogens is 2. The number of H-pyrrole nitrogens is 1. The summed E-state index contributed by atoms with van der Waals surface area (Å²) in [6, 6.07) is 13.9. The summed E-state index contributed by atoms with van der Waals surface area (Å²) in [4.78, 5) is 0.242. The van der Waals surface area contributed by atoms with E-state index in [1.54, 1.807) is 30.3 Å². The van der Waals surface area contributed by atoms with Gasteiger partial charge in [-0.2, -0.15) is 5.10 Å². The van der Waals surface area contributed by atoms with E-state index in [0.29, 0.717) is 10.9 Å². The van der Waals surface area contributed by atoms with Gasteiger partial charge in [0.2, 0.25) is 9.84 Å². The molecule has 2 aromatic carbocycles. The van der Waals surface area contributed by atoms with Gasteiger partial charge in [0.25, 0.3) is 0 Å². The maximum Gasteiger partial charge on any atom is 0.226 e. The van der Waals surface area contributed by atoms with Gasteiger partial charge in [0.05, 0.1) is 10.4 Å². The maximum absolute atomic E-state index is 12.7. The highest BCUT2D eigenvalue weighted by molar-refractivity contribution is 7.91. The Hall–Kier alpha value is -2.14. The number of hydrogen-bond acceptors (Lipinski definition) is 3. The predicted molar refractivity (Wildman–Crippen MR) is 81.8 cm³/mol. The van der Waals surface area contributed by atoms with Crippen LogP contribution in [0.1, 0.15) is 18.4 Å². The van der Waals surface area contributed by atoms with Gasteiger partial charge in [-0.25, -0.2) is 8.42 Å². The second kappa shape index (κ2) is 5.00. The van der Waals surface area contributed by atoms with Crippen LogP contribution in [0.2, 0.25) is 0 Å². The van der Waals surface area contributed by atoms with E-state index in [9.17, 15) is 8.42 Å². The highest BCUT2D eigenvalue weighted by Gasteiger charge is 2.23. The van der Waals surface area contributed by atoms with Gasteiger partial charge in [0.1, 0.15) is 0 Å². The number of sulfone groups is 1. The zero-order valence-electron chi connectivity index (χ0n) is 11.6. The lowest BCUT2D eigenvalue weighted by Crippen LogP contribution is -2.03. The molecule has 21 heavy (non-hydrogen) atoms. The first-order valence-electron chi connectivity index (χ1n) is 6.61. The van der Waals surface area contributed by atoms with Gasteiger partial charge in [-0.15, -0.1) is 0 Å². The Bertz CT molecular complexity index is 881. The Balaban J connectivity index is 2.23. The molecule has 4 nitrogen and oxygen atoms in total. The molecule has 0 saturated heterocycles. The summed E-state index contributed by atoms with van der Waals surface area (Å²) in [5, 5.41) is 7.46. The molecule has 1 radical (unpaired) electrons. The van der Waals surface area contributed by atoms with E-state index in [-0.39, 0.29) is 15.8 Å². The molecule has 0 aliphatic carbocycles. The van der Waals surface area contributed by atoms with Crippen LogP contribution >= 0.6 is 0 Å². The van der Waals surface area contributed by atoms with Crippen LogP contribution in [-0.4, -0.2) is 18.6 Å². The van der Waals surface area contributed by atoms with Crippen molar-refractivity contribution in [3.8, 4) is 0 Å². The summed E-state index contributed by atoms with van der Waals surface area (Å²) in [6.45, 7) is 5.93. The highest BCUT2D eigenvalue weighted by Crippen LogP contribution is 2.28. The fourth-order valence-electron chi connectivity index (χ4n) is 2.23. The molecule has 0 amide bonds. The lowest BCUT2D eigenvalue weighted by atomic mass is 10.0. The third-order valence-corrected chi connectivity index (χ3v) is 5.14. The molecule has 1 atom stereocenters. The van der Waals surface area contributed by atoms with Gasteiger partial charge in [-0.05, 0) is 42.7 Å². The number of fused-ring (bicyclic) bond motifs is 1. The molecule has 3 aromatic rings. The predicted octanol–water partition coefficient (Wildman–Crippen LogP) is 3.33. The normalized spacial score (nSPS) is 12.1. The Morgan fingerprint density at radius 2 is 1.86 bits per heavy atom. The van der Waals surface area contributed by atoms with Gasteiger partial charge < -0.3 is 0 Å². The van der Waals surface area contributed by atoms with E-state index >= 15 is 0 Å². The molecule has 0 aliphatic heterocycles. The van der Waals surface area contributed by atoms with Crippen LogP contribution in [0.4, 0.5) is 0 Å². The minimum atomic E-state index is -3.63. The minimum Gasteiger partial charge on any atom is -0.276 e. The van der Waals surface area contributed by atoms with Crippen molar-refractivity contribution in [1.29, 1.82) is 0 Å². The fourth-order valence-corrected chi connectivity index (χ4v) is 3.59. The molecule has 1 heterocycles. The van der Waals surface area contributed by atoms with Crippen LogP contribution in [0, 0.1) is 6.92 Å². The van der Waals surface area contributed by atoms with Gasteiger partial charge >= 0.3 is 0 Å². The second-order valence-electron chi connectivity index (χ2n) is 5.05. The van der Waals surface area contributed by atoms with Crippen molar-refractivity contribution in [2.45, 2.75) is 22.8 Å². The average Bonchev–Trinajstić information content (AvgIpc) is 2.91. The first-order chi connectivity index (χ1) is 10.00. The molecule has 5 heteroatoms. The van der Waals surface area contributed by atoms with E-state index in [1.165, 1.54) is 0 Å². The number of nitrogens with one attached hydrogen (secondary N) is 1. The molecule has 0 aliphatic rings. The largest absolute Gasteiger partial charge is 0.276 e. The van der Waals surface area contributed by atoms with Crippen LogP contribution in [0.3, 0.4) is 0 Å². The molecule has 0 spiro atoms. The standard InChI is InChI=1S/C16H15N2O2S/c1-11(2)12-8-9-15-14(10-12)16(18-17-15)21(19,20)13-6-4-3-5-7-13/h3-11H,1H2,2H3,(H,17,18). The van der Waals surface area contributed by atoms with E-state index in [2.05, 4.69) is 17.1 Å². The molecule has 1 aromatic heterocycles. The van der Waals surface area contributed by atoms with Gasteiger partial charge in [-0.3, -0.25) is 5.10 Å². The van der Waals surface area contributed by atoms with Crippen molar-refractivity contribution in [2.24, 2.45) is 0 Å². The molecular formula is C16H15N2O2S. The number of aromatic amines is 1. The quantitative estimate of drug-likeness (QED) is 0.807. The average molecular weight is 299 g/mol. The van der Waals surface area contributed by atoms with E-state index < -0.39 is 9.84 Å². The van der Waals surface area contributed by atoms with Crippen LogP contribution < -0.4 is 0 Å². The molecule has 107 valence electrons. The van der Waals surface area contributed by atoms with E-state index in [0.717, 1.165) is 5.56 Å². The number of benzene rings is 2. The third kappa shape index (κ3) is 2.34. The summed E-state index contributed by atoms with van der Waals surface area (Å²) in [7, 11) is -3.63. The Kier molecular flexibility index (Phi) is 3.29. The fraction of sp³-hybridized carbons (Fsp3) is 0.125. The van der Waals surface area contributed by atoms with E-state index in [4.69, 9.17) is 0 Å². The summed E-state index contributed by atoms with van der Waals surface area (Å²) in [5.41, 5.74) is 1.68. The molecular weight excluding hydrogens is 284 g/mol. The summed E-state index contributed by atoms with van der Waals surface area (Å²) >= 11 is 0. The van der Waals surface area contributed by atoms with Gasteiger partial charge in [0, 0.05) is 5.39 Å². The van der Waals surface area contributed by atoms with Crippen LogP contribution in [0.15, 0.2) is 58.5 Å². The lowest BCUT2D eigenvalue weighted by molar-refractivity contribution is 0.593. The summed E-state index contributed by atoms with van der Waals surface area (Å²) < 4.78 is 25.4. The van der Waals surface area contributed by atoms with Gasteiger partial charge in [-0.1, -0.05) is 31.2 Å². The molecule has 0 bridgehead atoms. The first kappa shape index (κ1) is 13.8. The monoisotopic (exact) mass is 299 g/mol. The molecule has 0 fully saturated rings. The second-order valence-corrected chi connectivity index (χ2v) is 6.92. The van der Waals surface area contributed by atoms with Crippen molar-refractivity contribution in [3.63, 3.8) is 0 Å². The SMILES string of the molecule is [CH2]C(C)c1ccc2[nH]nc(S(=O)(=O)c3ccccc3)c2c1. The number of hydrogen-bond donors (Lipinski definition) is 1. The van der Waals surface area contributed by atoms with E-state index in [1.807, 2.05) is 25.1 Å². The third-order valence-electron chi connectivity index (χ3n) is 3.43. The summed E-state index contributed by atoms with van der Waals surface area (Å²) in [6.07, 6.45) is 0. The van der Waals surface area contributed by atoms with Gasteiger partial charge in [0.15, 0.2) is 5.03 Å². The maximum atomic E-state index is 12.7. The van der Waals surface area contributed by atoms with Crippen LogP contribution in [-0.2, 0) is 9.84 Å². The smallest absolute Gasteiger partial charge is 0.226 e. The molecule has 1 N–H and O–H groups in total. The highest BCUT2D eigenvalue weighted by atomic mass is 32.2. The lowest BCUT2D eigenvalue weighted by Gasteiger charge is -2.05. The molecule has 1 unspecified atom stereocenters. The van der Waals surface area contributed by atoms with Crippen molar-refractivity contribution in [3.05, 3.63) is 61.0 Å². The Morgan fingerprint density at radius 1 is 1.14 bits per heavy atom. The molecule has 0 saturated carbocycles. The first-order valence-corrected chi connectivity index (χ1v) is 8.09. The minimum absolute atomic E-state index is 0.0613. The zero-order valence-corrected chi connectivity index (χ0v) is 12.4. The summed E-state index contributed by atoms with van der Waals surface area (Å²) in [5.74, 6) is 0.0802. The Morgan fingerprint density at radius 3 is 2.52 bits per heavy atom. The topological polar surface area (TPSA) is 62.8 Å². The molecule has 3 rings (SSSR count).